The van der Waals surface area contributed by atoms with E-state index in [1.165, 1.54) is 4.88 Å². The molecule has 0 bridgehead atoms. The number of thiophene rings is 1. The first-order valence-electron chi connectivity index (χ1n) is 7.28. The number of aliphatic carboxylic acids is 1. The van der Waals surface area contributed by atoms with Crippen molar-refractivity contribution in [1.82, 2.24) is 10.6 Å². The summed E-state index contributed by atoms with van der Waals surface area (Å²) in [6.07, 6.45) is 1.75. The second-order valence-corrected chi connectivity index (χ2v) is 6.33. The highest BCUT2D eigenvalue weighted by Gasteiger charge is 2.23. The van der Waals surface area contributed by atoms with Crippen LogP contribution in [0.3, 0.4) is 0 Å². The molecule has 0 aliphatic carbocycles. The second kappa shape index (κ2) is 8.79. The molecule has 1 aromatic heterocycles. The number of nitrogens with one attached hydrogen (secondary N) is 2. The maximum absolute atomic E-state index is 11.8. The van der Waals surface area contributed by atoms with Crippen molar-refractivity contribution in [1.29, 1.82) is 0 Å². The summed E-state index contributed by atoms with van der Waals surface area (Å²) in [7, 11) is 0. The summed E-state index contributed by atoms with van der Waals surface area (Å²) < 4.78 is 0. The van der Waals surface area contributed by atoms with Gasteiger partial charge in [0, 0.05) is 9.75 Å². The van der Waals surface area contributed by atoms with Gasteiger partial charge < -0.3 is 10.4 Å². The van der Waals surface area contributed by atoms with E-state index in [1.54, 1.807) is 11.3 Å². The molecular formula is C15H24N2O3S. The summed E-state index contributed by atoms with van der Waals surface area (Å²) in [5.74, 6) is -1.11. The van der Waals surface area contributed by atoms with Crippen molar-refractivity contribution >= 4 is 23.2 Å². The largest absolute Gasteiger partial charge is 0.480 e. The number of carbonyl (C=O) groups excluding carboxylic acids is 1. The summed E-state index contributed by atoms with van der Waals surface area (Å²) in [5.41, 5.74) is 0. The molecule has 0 unspecified atom stereocenters. The molecule has 0 saturated carbocycles. The molecule has 2 atom stereocenters. The fourth-order valence-electron chi connectivity index (χ4n) is 1.93. The van der Waals surface area contributed by atoms with Crippen molar-refractivity contribution in [2.24, 2.45) is 5.92 Å². The average molecular weight is 312 g/mol. The van der Waals surface area contributed by atoms with Gasteiger partial charge in [-0.05, 0) is 24.5 Å². The lowest BCUT2D eigenvalue weighted by Crippen LogP contribution is -2.46. The lowest BCUT2D eigenvalue weighted by atomic mass is 9.99. The number of hydrogen-bond donors (Lipinski definition) is 3. The lowest BCUT2D eigenvalue weighted by molar-refractivity contribution is -0.140. The number of aryl methyl sites for hydroxylation is 1. The standard InChI is InChI=1S/C15H24N2O3S/c1-4-10(3)14(15(19)20)17-9-13(18)16-8-12-7-6-11(5-2)21-12/h6-7,10,14,17H,4-5,8-9H2,1-3H3,(H,16,18)(H,19,20)/t10-,14-/m0/s1. The molecule has 0 radical (unpaired) electrons. The summed E-state index contributed by atoms with van der Waals surface area (Å²) in [4.78, 5) is 25.3. The maximum Gasteiger partial charge on any atom is 0.320 e. The number of amides is 1. The van der Waals surface area contributed by atoms with Gasteiger partial charge >= 0.3 is 5.97 Å². The highest BCUT2D eigenvalue weighted by atomic mass is 32.1. The van der Waals surface area contributed by atoms with Gasteiger partial charge in [0.1, 0.15) is 6.04 Å². The number of hydrogen-bond acceptors (Lipinski definition) is 4. The van der Waals surface area contributed by atoms with Crippen LogP contribution in [0.25, 0.3) is 0 Å². The van der Waals surface area contributed by atoms with Gasteiger partial charge in [0.15, 0.2) is 0 Å². The summed E-state index contributed by atoms with van der Waals surface area (Å²) >= 11 is 1.68. The average Bonchev–Trinajstić information content (AvgIpc) is 2.92. The third-order valence-corrected chi connectivity index (χ3v) is 4.72. The van der Waals surface area contributed by atoms with E-state index < -0.39 is 12.0 Å². The van der Waals surface area contributed by atoms with E-state index in [0.29, 0.717) is 6.54 Å². The van der Waals surface area contributed by atoms with E-state index in [0.717, 1.165) is 17.7 Å². The molecule has 1 amide bonds. The fraction of sp³-hybridized carbons (Fsp3) is 0.600. The third kappa shape index (κ3) is 5.85. The van der Waals surface area contributed by atoms with Gasteiger partial charge in [-0.2, -0.15) is 0 Å². The summed E-state index contributed by atoms with van der Waals surface area (Å²) in [6, 6.07) is 3.39. The highest BCUT2D eigenvalue weighted by molar-refractivity contribution is 7.11. The molecule has 0 saturated heterocycles. The van der Waals surface area contributed by atoms with Crippen LogP contribution < -0.4 is 10.6 Å². The van der Waals surface area contributed by atoms with Crippen LogP contribution >= 0.6 is 11.3 Å². The van der Waals surface area contributed by atoms with Crippen molar-refractivity contribution < 1.29 is 14.7 Å². The van der Waals surface area contributed by atoms with Crippen molar-refractivity contribution in [3.63, 3.8) is 0 Å². The number of rotatable bonds is 9. The van der Waals surface area contributed by atoms with E-state index in [-0.39, 0.29) is 18.4 Å². The SMILES string of the molecule is CCc1ccc(CNC(=O)CN[C@H](C(=O)O)[C@@H](C)CC)s1. The van der Waals surface area contributed by atoms with Crippen molar-refractivity contribution in [2.45, 2.75) is 46.2 Å². The number of carboxylic acids is 1. The molecule has 1 heterocycles. The van der Waals surface area contributed by atoms with Crippen molar-refractivity contribution in [3.05, 3.63) is 21.9 Å². The Bertz CT molecular complexity index is 473. The molecule has 21 heavy (non-hydrogen) atoms. The quantitative estimate of drug-likeness (QED) is 0.652. The zero-order valence-electron chi connectivity index (χ0n) is 12.8. The molecule has 1 aromatic rings. The maximum atomic E-state index is 11.8. The van der Waals surface area contributed by atoms with Crippen LogP contribution in [0, 0.1) is 5.92 Å². The minimum atomic E-state index is -0.914. The molecule has 3 N–H and O–H groups in total. The first kappa shape index (κ1) is 17.7. The smallest absolute Gasteiger partial charge is 0.320 e. The first-order chi connectivity index (χ1) is 9.97. The Morgan fingerprint density at radius 2 is 1.95 bits per heavy atom. The molecule has 0 aliphatic rings. The van der Waals surface area contributed by atoms with Gasteiger partial charge in [-0.25, -0.2) is 0 Å². The van der Waals surface area contributed by atoms with E-state index in [9.17, 15) is 9.59 Å². The normalized spacial score (nSPS) is 13.7. The molecule has 5 nitrogen and oxygen atoms in total. The zero-order chi connectivity index (χ0) is 15.8. The van der Waals surface area contributed by atoms with Gasteiger partial charge in [0.2, 0.25) is 5.91 Å². The lowest BCUT2D eigenvalue weighted by Gasteiger charge is -2.19. The van der Waals surface area contributed by atoms with Crippen molar-refractivity contribution in [3.8, 4) is 0 Å². The second-order valence-electron chi connectivity index (χ2n) is 5.08. The Morgan fingerprint density at radius 3 is 2.48 bits per heavy atom. The van der Waals surface area contributed by atoms with Crippen LogP contribution in [0.15, 0.2) is 12.1 Å². The number of carbonyl (C=O) groups is 2. The van der Waals surface area contributed by atoms with E-state index in [2.05, 4.69) is 23.6 Å². The number of carboxylic acid groups (broad SMARTS) is 1. The summed E-state index contributed by atoms with van der Waals surface area (Å²) in [5, 5.41) is 14.8. The van der Waals surface area contributed by atoms with E-state index >= 15 is 0 Å². The molecule has 1 rings (SSSR count). The Kier molecular flexibility index (Phi) is 7.39. The fourth-order valence-corrected chi connectivity index (χ4v) is 2.82. The van der Waals surface area contributed by atoms with E-state index in [4.69, 9.17) is 5.11 Å². The molecule has 0 spiro atoms. The van der Waals surface area contributed by atoms with Crippen LogP contribution in [-0.2, 0) is 22.6 Å². The molecule has 0 fully saturated rings. The third-order valence-electron chi connectivity index (χ3n) is 3.49. The minimum absolute atomic E-state index is 0.0142. The topological polar surface area (TPSA) is 78.4 Å². The van der Waals surface area contributed by atoms with Crippen LogP contribution in [0.5, 0.6) is 0 Å². The van der Waals surface area contributed by atoms with Crippen molar-refractivity contribution in [2.75, 3.05) is 6.54 Å². The van der Waals surface area contributed by atoms with E-state index in [1.807, 2.05) is 19.9 Å². The monoisotopic (exact) mass is 312 g/mol. The highest BCUT2D eigenvalue weighted by Crippen LogP contribution is 2.16. The van der Waals surface area contributed by atoms with Crippen LogP contribution in [0.4, 0.5) is 0 Å². The Morgan fingerprint density at radius 1 is 1.29 bits per heavy atom. The first-order valence-corrected chi connectivity index (χ1v) is 8.10. The molecule has 118 valence electrons. The molecule has 0 aliphatic heterocycles. The molecule has 0 aromatic carbocycles. The Balaban J connectivity index is 2.37. The van der Waals surface area contributed by atoms with Gasteiger partial charge in [-0.15, -0.1) is 11.3 Å². The van der Waals surface area contributed by atoms with Gasteiger partial charge in [0.25, 0.3) is 0 Å². The van der Waals surface area contributed by atoms with Crippen LogP contribution in [0.1, 0.15) is 36.9 Å². The Labute approximate surface area is 129 Å². The van der Waals surface area contributed by atoms with Gasteiger partial charge in [0.05, 0.1) is 13.1 Å². The van der Waals surface area contributed by atoms with Gasteiger partial charge in [-0.3, -0.25) is 14.9 Å². The minimum Gasteiger partial charge on any atom is -0.480 e. The zero-order valence-corrected chi connectivity index (χ0v) is 13.6. The predicted octanol–water partition coefficient (Wildman–Crippen LogP) is 2.02. The Hall–Kier alpha value is -1.40. The predicted molar refractivity (Wildman–Crippen MR) is 84.4 cm³/mol. The molecular weight excluding hydrogens is 288 g/mol. The summed E-state index contributed by atoms with van der Waals surface area (Å²) in [6.45, 7) is 6.41. The van der Waals surface area contributed by atoms with Crippen LogP contribution in [-0.4, -0.2) is 29.6 Å². The van der Waals surface area contributed by atoms with Crippen LogP contribution in [0.2, 0.25) is 0 Å². The van der Waals surface area contributed by atoms with Gasteiger partial charge in [-0.1, -0.05) is 27.2 Å². The molecule has 6 heteroatoms.